The summed E-state index contributed by atoms with van der Waals surface area (Å²) in [6, 6.07) is 7.51. The van der Waals surface area contributed by atoms with Gasteiger partial charge in [-0.2, -0.15) is 0 Å². The Kier molecular flexibility index (Phi) is 4.04. The largest absolute Gasteiger partial charge is 0.497 e. The van der Waals surface area contributed by atoms with Crippen LogP contribution in [0.3, 0.4) is 0 Å². The van der Waals surface area contributed by atoms with Gasteiger partial charge >= 0.3 is 0 Å². The molecule has 1 heterocycles. The zero-order valence-electron chi connectivity index (χ0n) is 11.2. The van der Waals surface area contributed by atoms with Crippen LogP contribution in [0.15, 0.2) is 24.3 Å². The van der Waals surface area contributed by atoms with E-state index in [2.05, 4.69) is 5.32 Å². The van der Waals surface area contributed by atoms with Gasteiger partial charge in [0.2, 0.25) is 11.8 Å². The summed E-state index contributed by atoms with van der Waals surface area (Å²) in [5, 5.41) is 2.61. The average Bonchev–Trinajstić information content (AvgIpc) is 2.53. The van der Waals surface area contributed by atoms with Crippen LogP contribution in [0, 0.1) is 0 Å². The second kappa shape index (κ2) is 5.73. The first kappa shape index (κ1) is 13.4. The lowest BCUT2D eigenvalue weighted by molar-refractivity contribution is -0.132. The molecule has 1 saturated heterocycles. The maximum Gasteiger partial charge on any atom is 0.242 e. The molecule has 2 rings (SSSR count). The molecular formula is C14H18N2O3. The summed E-state index contributed by atoms with van der Waals surface area (Å²) in [6.07, 6.45) is 0.349. The molecule has 1 aromatic carbocycles. The van der Waals surface area contributed by atoms with Crippen LogP contribution in [0.2, 0.25) is 0 Å². The van der Waals surface area contributed by atoms with Crippen LogP contribution in [0.1, 0.15) is 18.9 Å². The second-order valence-electron chi connectivity index (χ2n) is 4.70. The van der Waals surface area contributed by atoms with Crippen molar-refractivity contribution in [2.45, 2.75) is 25.9 Å². The van der Waals surface area contributed by atoms with Crippen LogP contribution in [0.4, 0.5) is 0 Å². The van der Waals surface area contributed by atoms with Crippen molar-refractivity contribution in [2.24, 2.45) is 0 Å². The van der Waals surface area contributed by atoms with Gasteiger partial charge in [-0.3, -0.25) is 9.59 Å². The van der Waals surface area contributed by atoms with Crippen molar-refractivity contribution in [3.8, 4) is 5.75 Å². The highest BCUT2D eigenvalue weighted by Gasteiger charge is 2.26. The van der Waals surface area contributed by atoms with Crippen molar-refractivity contribution < 1.29 is 14.3 Å². The van der Waals surface area contributed by atoms with E-state index in [-0.39, 0.29) is 24.4 Å². The number of methoxy groups -OCH3 is 1. The van der Waals surface area contributed by atoms with Gasteiger partial charge in [0.25, 0.3) is 0 Å². The van der Waals surface area contributed by atoms with Crippen LogP contribution in [0.25, 0.3) is 0 Å². The summed E-state index contributed by atoms with van der Waals surface area (Å²) >= 11 is 0. The minimum Gasteiger partial charge on any atom is -0.497 e. The molecule has 0 saturated carbocycles. The lowest BCUT2D eigenvalue weighted by Crippen LogP contribution is -2.39. The second-order valence-corrected chi connectivity index (χ2v) is 4.70. The zero-order valence-corrected chi connectivity index (χ0v) is 11.2. The molecule has 0 bridgehead atoms. The van der Waals surface area contributed by atoms with Gasteiger partial charge in [0.05, 0.1) is 13.7 Å². The predicted molar refractivity (Wildman–Crippen MR) is 70.6 cm³/mol. The molecule has 0 aliphatic carbocycles. The molecule has 2 amide bonds. The maximum atomic E-state index is 12.0. The SMILES string of the molecule is COc1ccc(CN2C(=O)CNC(=O)C[C@H]2C)cc1. The van der Waals surface area contributed by atoms with E-state index in [9.17, 15) is 9.59 Å². The monoisotopic (exact) mass is 262 g/mol. The van der Waals surface area contributed by atoms with Crippen LogP contribution in [0.5, 0.6) is 5.75 Å². The summed E-state index contributed by atoms with van der Waals surface area (Å²) in [5.74, 6) is 0.670. The van der Waals surface area contributed by atoms with E-state index in [4.69, 9.17) is 4.74 Å². The number of hydrogen-bond donors (Lipinski definition) is 1. The van der Waals surface area contributed by atoms with Gasteiger partial charge in [-0.1, -0.05) is 12.1 Å². The quantitative estimate of drug-likeness (QED) is 0.881. The van der Waals surface area contributed by atoms with Crippen molar-refractivity contribution in [2.75, 3.05) is 13.7 Å². The molecule has 0 unspecified atom stereocenters. The summed E-state index contributed by atoms with van der Waals surface area (Å²) in [5.41, 5.74) is 1.02. The standard InChI is InChI=1S/C14H18N2O3/c1-10-7-13(17)15-8-14(18)16(10)9-11-3-5-12(19-2)6-4-11/h3-6,10H,7-9H2,1-2H3,(H,15,17)/t10-/m1/s1. The number of hydrogen-bond acceptors (Lipinski definition) is 3. The fraction of sp³-hybridized carbons (Fsp3) is 0.429. The lowest BCUT2D eigenvalue weighted by Gasteiger charge is -2.26. The molecule has 1 aliphatic rings. The third-order valence-electron chi connectivity index (χ3n) is 3.28. The number of nitrogens with one attached hydrogen (secondary N) is 1. The Morgan fingerprint density at radius 2 is 2.00 bits per heavy atom. The Bertz CT molecular complexity index is 470. The van der Waals surface area contributed by atoms with Gasteiger partial charge in [-0.25, -0.2) is 0 Å². The van der Waals surface area contributed by atoms with Crippen molar-refractivity contribution in [1.29, 1.82) is 0 Å². The van der Waals surface area contributed by atoms with E-state index in [1.807, 2.05) is 31.2 Å². The number of carbonyl (C=O) groups is 2. The molecule has 19 heavy (non-hydrogen) atoms. The molecule has 1 N–H and O–H groups in total. The van der Waals surface area contributed by atoms with Gasteiger partial charge in [0, 0.05) is 19.0 Å². The van der Waals surface area contributed by atoms with E-state index in [0.717, 1.165) is 11.3 Å². The normalized spacial score (nSPS) is 19.9. The number of benzene rings is 1. The van der Waals surface area contributed by atoms with Gasteiger partial charge in [0.1, 0.15) is 5.75 Å². The molecular weight excluding hydrogens is 244 g/mol. The van der Waals surface area contributed by atoms with Crippen LogP contribution < -0.4 is 10.1 Å². The summed E-state index contributed by atoms with van der Waals surface area (Å²) in [4.78, 5) is 25.1. The molecule has 0 aromatic heterocycles. The molecule has 1 aliphatic heterocycles. The van der Waals surface area contributed by atoms with Gasteiger partial charge in [0.15, 0.2) is 0 Å². The van der Waals surface area contributed by atoms with Crippen molar-refractivity contribution in [3.05, 3.63) is 29.8 Å². The summed E-state index contributed by atoms with van der Waals surface area (Å²) in [7, 11) is 1.62. The van der Waals surface area contributed by atoms with E-state index in [0.29, 0.717) is 13.0 Å². The molecule has 102 valence electrons. The third-order valence-corrected chi connectivity index (χ3v) is 3.28. The summed E-state index contributed by atoms with van der Waals surface area (Å²) < 4.78 is 5.10. The highest BCUT2D eigenvalue weighted by Crippen LogP contribution is 2.16. The minimum absolute atomic E-state index is 0.0471. The predicted octanol–water partition coefficient (Wildman–Crippen LogP) is 0.932. The minimum atomic E-state index is -0.0860. The number of nitrogens with zero attached hydrogens (tertiary/aromatic N) is 1. The fourth-order valence-corrected chi connectivity index (χ4v) is 2.14. The first-order chi connectivity index (χ1) is 9.10. The number of ether oxygens (including phenoxy) is 1. The smallest absolute Gasteiger partial charge is 0.242 e. The van der Waals surface area contributed by atoms with Gasteiger partial charge < -0.3 is 15.0 Å². The van der Waals surface area contributed by atoms with Crippen LogP contribution >= 0.6 is 0 Å². The number of amides is 2. The Hall–Kier alpha value is -2.04. The Balaban J connectivity index is 2.10. The van der Waals surface area contributed by atoms with E-state index < -0.39 is 0 Å². The first-order valence-corrected chi connectivity index (χ1v) is 6.29. The fourth-order valence-electron chi connectivity index (χ4n) is 2.14. The Morgan fingerprint density at radius 3 is 2.63 bits per heavy atom. The molecule has 5 nitrogen and oxygen atoms in total. The van der Waals surface area contributed by atoms with Crippen LogP contribution in [-0.2, 0) is 16.1 Å². The first-order valence-electron chi connectivity index (χ1n) is 6.29. The van der Waals surface area contributed by atoms with Crippen molar-refractivity contribution in [3.63, 3.8) is 0 Å². The molecule has 0 radical (unpaired) electrons. The highest BCUT2D eigenvalue weighted by molar-refractivity contribution is 5.87. The van der Waals surface area contributed by atoms with Gasteiger partial charge in [-0.15, -0.1) is 0 Å². The molecule has 1 fully saturated rings. The van der Waals surface area contributed by atoms with Crippen molar-refractivity contribution >= 4 is 11.8 Å². The number of carbonyl (C=O) groups excluding carboxylic acids is 2. The topological polar surface area (TPSA) is 58.6 Å². The average molecular weight is 262 g/mol. The Morgan fingerprint density at radius 1 is 1.32 bits per heavy atom. The Labute approximate surface area is 112 Å². The number of rotatable bonds is 3. The zero-order chi connectivity index (χ0) is 13.8. The molecule has 5 heteroatoms. The highest BCUT2D eigenvalue weighted by atomic mass is 16.5. The lowest BCUT2D eigenvalue weighted by atomic mass is 10.1. The van der Waals surface area contributed by atoms with E-state index >= 15 is 0 Å². The van der Waals surface area contributed by atoms with Crippen LogP contribution in [-0.4, -0.2) is 36.4 Å². The molecule has 0 spiro atoms. The maximum absolute atomic E-state index is 12.0. The molecule has 1 atom stereocenters. The summed E-state index contributed by atoms with van der Waals surface area (Å²) in [6.45, 7) is 2.49. The van der Waals surface area contributed by atoms with E-state index in [1.165, 1.54) is 0 Å². The van der Waals surface area contributed by atoms with Crippen molar-refractivity contribution in [1.82, 2.24) is 10.2 Å². The third kappa shape index (κ3) is 3.24. The van der Waals surface area contributed by atoms with Gasteiger partial charge in [-0.05, 0) is 24.6 Å². The molecule has 1 aromatic rings. The van der Waals surface area contributed by atoms with E-state index in [1.54, 1.807) is 12.0 Å².